The Bertz CT molecular complexity index is 1320. The zero-order chi connectivity index (χ0) is 23.5. The standard InChI is InChI=1S/C25H17Cl2IN2O4/c26-9-3-1-8(2-4-9)19(23(33)34)30-20(21(31)29-12-6-5-10(28)7-11(12)22(30)32)24-13-16-14(24)18-15(24)17(13)25(16,18)27/h1-7,13-20H,(H,29,31)(H,33,34). The van der Waals surface area contributed by atoms with E-state index in [4.69, 9.17) is 23.2 Å². The summed E-state index contributed by atoms with van der Waals surface area (Å²) in [7, 11) is 0. The van der Waals surface area contributed by atoms with E-state index in [1.165, 1.54) is 4.90 Å². The number of carbonyl (C=O) groups excluding carboxylic acids is 2. The lowest BCUT2D eigenvalue weighted by molar-refractivity contribution is -0.604. The fraction of sp³-hybridized carbons (Fsp3) is 0.400. The van der Waals surface area contributed by atoms with E-state index in [0.29, 0.717) is 57.3 Å². The lowest BCUT2D eigenvalue weighted by atomic mass is 8.95. The maximum absolute atomic E-state index is 14.1. The summed E-state index contributed by atoms with van der Waals surface area (Å²) in [5.74, 6) is 0.221. The van der Waals surface area contributed by atoms with Crippen LogP contribution in [0.5, 0.6) is 0 Å². The van der Waals surface area contributed by atoms with Gasteiger partial charge in [-0.25, -0.2) is 4.79 Å². The van der Waals surface area contributed by atoms with E-state index in [2.05, 4.69) is 27.9 Å². The number of anilines is 1. The van der Waals surface area contributed by atoms with Crippen molar-refractivity contribution in [1.29, 1.82) is 0 Å². The lowest BCUT2D eigenvalue weighted by Crippen LogP contribution is -3.13. The van der Waals surface area contributed by atoms with Gasteiger partial charge in [-0.15, -0.1) is 11.6 Å². The van der Waals surface area contributed by atoms with Crippen LogP contribution in [0.3, 0.4) is 0 Å². The number of carboxylic acids is 1. The number of aliphatic carboxylic acids is 1. The van der Waals surface area contributed by atoms with Gasteiger partial charge >= 0.3 is 5.97 Å². The molecule has 9 heteroatoms. The quantitative estimate of drug-likeness (QED) is 0.402. The number of rotatable bonds is 4. The number of alkyl halides is 1. The molecule has 0 spiro atoms. The Hall–Kier alpha value is -1.84. The Kier molecular flexibility index (Phi) is 3.55. The average Bonchev–Trinajstić information content (AvgIpc) is 2.91. The summed E-state index contributed by atoms with van der Waals surface area (Å²) in [4.78, 5) is 42.0. The molecule has 34 heavy (non-hydrogen) atoms. The highest BCUT2D eigenvalue weighted by atomic mass is 127. The summed E-state index contributed by atoms with van der Waals surface area (Å²) < 4.78 is 0.830. The van der Waals surface area contributed by atoms with Crippen LogP contribution in [0, 0.1) is 44.5 Å². The van der Waals surface area contributed by atoms with Crippen LogP contribution in [0.1, 0.15) is 22.0 Å². The van der Waals surface area contributed by atoms with Crippen molar-refractivity contribution in [3.8, 4) is 0 Å². The Labute approximate surface area is 218 Å². The van der Waals surface area contributed by atoms with E-state index in [1.54, 1.807) is 36.4 Å². The number of carbonyl (C=O) groups is 3. The van der Waals surface area contributed by atoms with Gasteiger partial charge in [-0.05, 0) is 94.0 Å². The first-order chi connectivity index (χ1) is 16.2. The van der Waals surface area contributed by atoms with Gasteiger partial charge in [0.2, 0.25) is 5.91 Å². The minimum absolute atomic E-state index is 0.0841. The highest BCUT2D eigenvalue weighted by Gasteiger charge is 3.11. The first-order valence-corrected chi connectivity index (χ1v) is 13.2. The fourth-order valence-electron chi connectivity index (χ4n) is 9.21. The smallest absolute Gasteiger partial charge is 0.331 e. The van der Waals surface area contributed by atoms with Gasteiger partial charge in [0, 0.05) is 14.0 Å². The van der Waals surface area contributed by atoms with Crippen LogP contribution < -0.4 is 5.32 Å². The number of carboxylic acid groups (broad SMARTS) is 1. The molecule has 7 aliphatic rings. The summed E-state index contributed by atoms with van der Waals surface area (Å²) in [5, 5.41) is 13.9. The molecule has 1 heterocycles. The molecule has 6 nitrogen and oxygen atoms in total. The van der Waals surface area contributed by atoms with Gasteiger partial charge < -0.3 is 15.3 Å². The molecule has 172 valence electrons. The number of hydrogen-bond donors (Lipinski definition) is 2. The first-order valence-electron chi connectivity index (χ1n) is 11.3. The minimum atomic E-state index is -1.31. The molecule has 0 aromatic heterocycles. The van der Waals surface area contributed by atoms with E-state index < -0.39 is 24.0 Å². The number of nitrogens with one attached hydrogen (secondary N) is 1. The Morgan fingerprint density at radius 2 is 1.65 bits per heavy atom. The molecular formula is C25H17Cl2IN2O4. The molecule has 2 N–H and O–H groups in total. The molecule has 9 rings (SSSR count). The number of benzene rings is 2. The molecule has 6 fully saturated rings. The second-order valence-corrected chi connectivity index (χ2v) is 12.9. The number of fused-ring (bicyclic) bond motifs is 1. The summed E-state index contributed by atoms with van der Waals surface area (Å²) in [6.45, 7) is 0. The number of nitrogens with zero attached hydrogens (tertiary/aromatic N) is 1. The summed E-state index contributed by atoms with van der Waals surface area (Å²) in [6.07, 6.45) is 0. The zero-order valence-electron chi connectivity index (χ0n) is 17.4. The molecule has 6 saturated carbocycles. The molecule has 2 aromatic rings. The van der Waals surface area contributed by atoms with Crippen molar-refractivity contribution in [1.82, 2.24) is 4.90 Å². The van der Waals surface area contributed by atoms with E-state index in [1.807, 2.05) is 6.07 Å². The molecule has 0 saturated heterocycles. The Balaban J connectivity index is 1.31. The third-order valence-corrected chi connectivity index (χ3v) is 11.7. The second kappa shape index (κ2) is 5.93. The summed E-state index contributed by atoms with van der Waals surface area (Å²) in [5.41, 5.74) is 0.802. The van der Waals surface area contributed by atoms with Crippen LogP contribution >= 0.6 is 45.8 Å². The summed E-state index contributed by atoms with van der Waals surface area (Å²) in [6, 6.07) is 9.56. The van der Waals surface area contributed by atoms with Crippen LogP contribution in [-0.4, -0.2) is 38.7 Å². The maximum Gasteiger partial charge on any atom is 0.331 e. The van der Waals surface area contributed by atoms with Gasteiger partial charge in [0.25, 0.3) is 5.91 Å². The van der Waals surface area contributed by atoms with Crippen molar-refractivity contribution >= 4 is 69.3 Å². The monoisotopic (exact) mass is 606 g/mol. The predicted octanol–water partition coefficient (Wildman–Crippen LogP) is 4.26. The molecule has 0 bridgehead atoms. The Morgan fingerprint density at radius 1 is 1.03 bits per heavy atom. The van der Waals surface area contributed by atoms with Crippen LogP contribution in [0.4, 0.5) is 5.69 Å². The maximum atomic E-state index is 14.1. The number of halogens is 3. The van der Waals surface area contributed by atoms with Gasteiger partial charge in [0.1, 0.15) is 6.04 Å². The fourth-order valence-corrected chi connectivity index (χ4v) is 10.6. The van der Waals surface area contributed by atoms with Crippen LogP contribution in [0.15, 0.2) is 42.5 Å². The minimum Gasteiger partial charge on any atom is -0.479 e. The van der Waals surface area contributed by atoms with Crippen molar-refractivity contribution in [3.63, 3.8) is 0 Å². The van der Waals surface area contributed by atoms with Crippen molar-refractivity contribution in [2.75, 3.05) is 5.32 Å². The SMILES string of the molecule is O=C(O)C(c1ccc(Cl)cc1)N1C(=O)c2cc(I)ccc2NC(=O)C1C12C3C4C1C1C2C3C41Cl. The topological polar surface area (TPSA) is 86.7 Å². The highest BCUT2D eigenvalue weighted by Crippen LogP contribution is 3.09. The molecule has 0 radical (unpaired) electrons. The third kappa shape index (κ3) is 1.81. The number of hydrogen-bond acceptors (Lipinski definition) is 3. The molecule has 2 unspecified atom stereocenters. The summed E-state index contributed by atoms with van der Waals surface area (Å²) >= 11 is 15.0. The van der Waals surface area contributed by atoms with E-state index >= 15 is 0 Å². The first kappa shape index (κ1) is 20.4. The molecule has 1 aliphatic heterocycles. The van der Waals surface area contributed by atoms with Crippen molar-refractivity contribution < 1.29 is 19.5 Å². The Morgan fingerprint density at radius 3 is 2.24 bits per heavy atom. The molecule has 2 aromatic carbocycles. The number of amides is 2. The van der Waals surface area contributed by atoms with Crippen molar-refractivity contribution in [2.24, 2.45) is 40.9 Å². The van der Waals surface area contributed by atoms with E-state index in [0.717, 1.165) is 3.57 Å². The van der Waals surface area contributed by atoms with Crippen LogP contribution in [0.25, 0.3) is 0 Å². The van der Waals surface area contributed by atoms with E-state index in [9.17, 15) is 19.5 Å². The van der Waals surface area contributed by atoms with Crippen molar-refractivity contribution in [2.45, 2.75) is 17.0 Å². The zero-order valence-corrected chi connectivity index (χ0v) is 21.1. The molecule has 2 atom stereocenters. The van der Waals surface area contributed by atoms with Gasteiger partial charge in [-0.3, -0.25) is 9.59 Å². The normalized spacial score (nSPS) is 44.1. The lowest BCUT2D eigenvalue weighted by Gasteiger charge is -3.10. The van der Waals surface area contributed by atoms with Gasteiger partial charge in [0.05, 0.1) is 16.1 Å². The average molecular weight is 607 g/mol. The van der Waals surface area contributed by atoms with Gasteiger partial charge in [-0.2, -0.15) is 0 Å². The highest BCUT2D eigenvalue weighted by molar-refractivity contribution is 14.1. The van der Waals surface area contributed by atoms with E-state index in [-0.39, 0.29) is 16.2 Å². The van der Waals surface area contributed by atoms with Gasteiger partial charge in [-0.1, -0.05) is 23.7 Å². The van der Waals surface area contributed by atoms with Gasteiger partial charge in [0.15, 0.2) is 6.04 Å². The second-order valence-electron chi connectivity index (χ2n) is 10.6. The molecule has 2 amide bonds. The predicted molar refractivity (Wildman–Crippen MR) is 132 cm³/mol. The van der Waals surface area contributed by atoms with Crippen LogP contribution in [0.2, 0.25) is 5.02 Å². The largest absolute Gasteiger partial charge is 0.479 e. The molecule has 6 aliphatic carbocycles. The third-order valence-electron chi connectivity index (χ3n) is 9.99. The van der Waals surface area contributed by atoms with Crippen molar-refractivity contribution in [3.05, 3.63) is 62.2 Å². The van der Waals surface area contributed by atoms with Crippen LogP contribution in [-0.2, 0) is 9.59 Å². The molecular weight excluding hydrogens is 590 g/mol.